The Bertz CT molecular complexity index is 1640. The first-order chi connectivity index (χ1) is 18.7. The standard InChI is InChI=1S/C32H30N6/c1-2-17(24-6-7-26(35-24)29-14-22-13-27(22)37-29)8-18(3-1)30-15-33-28-12-19(4-5-25(28)36-30)31-16-34-32(38-31)23-10-20-9-21(20)11-23/h1-6,8,12,15-16,20-23,27,29,37H,7,9-11,13-14H2,(H,34,38)/t20-,21+,22-,23?,27-,29+/m1/s1. The Morgan fingerprint density at radius 3 is 2.58 bits per heavy atom. The van der Waals surface area contributed by atoms with Gasteiger partial charge in [-0.3, -0.25) is 9.98 Å². The third-order valence-corrected chi connectivity index (χ3v) is 9.58. The van der Waals surface area contributed by atoms with Crippen molar-refractivity contribution in [2.24, 2.45) is 22.7 Å². The number of hydrogen-bond donors (Lipinski definition) is 2. The van der Waals surface area contributed by atoms with E-state index in [1.54, 1.807) is 0 Å². The molecule has 38 heavy (non-hydrogen) atoms. The average Bonchev–Trinajstić information content (AvgIpc) is 3.52. The fourth-order valence-electron chi connectivity index (χ4n) is 7.21. The summed E-state index contributed by atoms with van der Waals surface area (Å²) in [6.07, 6.45) is 13.7. The zero-order valence-electron chi connectivity index (χ0n) is 21.3. The van der Waals surface area contributed by atoms with Gasteiger partial charge in [-0.15, -0.1) is 0 Å². The van der Waals surface area contributed by atoms with E-state index in [2.05, 4.69) is 58.8 Å². The van der Waals surface area contributed by atoms with E-state index < -0.39 is 0 Å². The van der Waals surface area contributed by atoms with Gasteiger partial charge >= 0.3 is 0 Å². The van der Waals surface area contributed by atoms with Crippen molar-refractivity contribution < 1.29 is 0 Å². The highest BCUT2D eigenvalue weighted by Crippen LogP contribution is 2.57. The van der Waals surface area contributed by atoms with Gasteiger partial charge in [-0.25, -0.2) is 9.97 Å². The number of piperidine rings is 1. The highest BCUT2D eigenvalue weighted by Gasteiger charge is 2.47. The van der Waals surface area contributed by atoms with Crippen molar-refractivity contribution in [1.29, 1.82) is 0 Å². The Morgan fingerprint density at radius 2 is 1.68 bits per heavy atom. The van der Waals surface area contributed by atoms with E-state index in [4.69, 9.17) is 19.9 Å². The van der Waals surface area contributed by atoms with E-state index in [1.807, 2.05) is 12.4 Å². The van der Waals surface area contributed by atoms with Crippen LogP contribution in [0, 0.1) is 17.8 Å². The van der Waals surface area contributed by atoms with Crippen LogP contribution >= 0.6 is 0 Å². The smallest absolute Gasteiger partial charge is 0.109 e. The summed E-state index contributed by atoms with van der Waals surface area (Å²) in [7, 11) is 0. The number of benzene rings is 2. The first kappa shape index (κ1) is 21.3. The topological polar surface area (TPSA) is 78.8 Å². The summed E-state index contributed by atoms with van der Waals surface area (Å²) >= 11 is 0. The second kappa shape index (κ2) is 7.93. The lowest BCUT2D eigenvalue weighted by atomic mass is 10.0. The number of aromatic amines is 1. The summed E-state index contributed by atoms with van der Waals surface area (Å²) < 4.78 is 0. The van der Waals surface area contributed by atoms with Crippen LogP contribution in [0.3, 0.4) is 0 Å². The van der Waals surface area contributed by atoms with Gasteiger partial charge in [0.05, 0.1) is 40.5 Å². The molecule has 3 aliphatic carbocycles. The molecule has 2 aliphatic heterocycles. The molecule has 0 amide bonds. The van der Waals surface area contributed by atoms with Crippen LogP contribution in [0.1, 0.15) is 55.8 Å². The highest BCUT2D eigenvalue weighted by molar-refractivity contribution is 5.99. The first-order valence-corrected chi connectivity index (χ1v) is 14.2. The Labute approximate surface area is 221 Å². The van der Waals surface area contributed by atoms with Crippen LogP contribution in [0.5, 0.6) is 0 Å². The second-order valence-corrected chi connectivity index (χ2v) is 12.1. The van der Waals surface area contributed by atoms with Crippen molar-refractivity contribution in [2.75, 3.05) is 0 Å². The lowest BCUT2D eigenvalue weighted by molar-refractivity contribution is 0.596. The molecular formula is C32H30N6. The fourth-order valence-corrected chi connectivity index (χ4v) is 7.21. The molecule has 0 radical (unpaired) electrons. The van der Waals surface area contributed by atoms with Gasteiger partial charge in [0.1, 0.15) is 5.82 Å². The van der Waals surface area contributed by atoms with Crippen LogP contribution in [0.4, 0.5) is 0 Å². The maximum atomic E-state index is 5.02. The van der Waals surface area contributed by atoms with Crippen LogP contribution in [0.15, 0.2) is 65.9 Å². The number of nitrogens with one attached hydrogen (secondary N) is 2. The molecule has 2 aromatic carbocycles. The zero-order chi connectivity index (χ0) is 24.8. The van der Waals surface area contributed by atoms with Crippen LogP contribution < -0.4 is 5.32 Å². The minimum absolute atomic E-state index is 0.466. The molecule has 9 rings (SSSR count). The van der Waals surface area contributed by atoms with Gasteiger partial charge in [0.25, 0.3) is 0 Å². The predicted molar refractivity (Wildman–Crippen MR) is 150 cm³/mol. The van der Waals surface area contributed by atoms with Gasteiger partial charge in [-0.05, 0) is 68.1 Å². The van der Waals surface area contributed by atoms with E-state index >= 15 is 0 Å². The molecule has 0 bridgehead atoms. The Morgan fingerprint density at radius 1 is 0.763 bits per heavy atom. The number of nitrogens with zero attached hydrogens (tertiary/aromatic N) is 4. The third-order valence-electron chi connectivity index (χ3n) is 9.58. The molecule has 3 saturated carbocycles. The molecule has 4 heterocycles. The van der Waals surface area contributed by atoms with Crippen molar-refractivity contribution in [2.45, 2.75) is 56.5 Å². The minimum atomic E-state index is 0.466. The molecule has 1 saturated heterocycles. The molecule has 6 atom stereocenters. The van der Waals surface area contributed by atoms with Gasteiger partial charge in [0, 0.05) is 46.8 Å². The number of rotatable bonds is 5. The number of H-pyrrole nitrogens is 1. The molecule has 4 fully saturated rings. The molecule has 4 aromatic rings. The zero-order valence-corrected chi connectivity index (χ0v) is 21.3. The van der Waals surface area contributed by atoms with Crippen LogP contribution in [0.25, 0.3) is 39.2 Å². The molecule has 188 valence electrons. The van der Waals surface area contributed by atoms with Gasteiger partial charge in [0.2, 0.25) is 0 Å². The van der Waals surface area contributed by atoms with Crippen LogP contribution in [0.2, 0.25) is 0 Å². The SMILES string of the molecule is C1=C(c2cccc(-c3cnc4cc(-c5cnc(C6C[C@@H]7C[C@@H]7C6)[nH]5)ccc4n3)c2)N=C([C@@H]2C[C@H]3C[C@H]3N2)C1. The van der Waals surface area contributed by atoms with Crippen LogP contribution in [-0.4, -0.2) is 37.7 Å². The summed E-state index contributed by atoms with van der Waals surface area (Å²) in [5.41, 5.74) is 9.45. The Hall–Kier alpha value is -3.64. The molecule has 1 unspecified atom stereocenters. The summed E-state index contributed by atoms with van der Waals surface area (Å²) in [6.45, 7) is 0. The van der Waals surface area contributed by atoms with Gasteiger partial charge in [-0.1, -0.05) is 30.3 Å². The van der Waals surface area contributed by atoms with E-state index in [-0.39, 0.29) is 0 Å². The summed E-state index contributed by atoms with van der Waals surface area (Å²) in [4.78, 5) is 23.1. The molecule has 6 nitrogen and oxygen atoms in total. The van der Waals surface area contributed by atoms with E-state index in [9.17, 15) is 0 Å². The fraction of sp³-hybridized carbons (Fsp3) is 0.375. The maximum absolute atomic E-state index is 5.02. The van der Waals surface area contributed by atoms with Crippen molar-refractivity contribution in [1.82, 2.24) is 25.3 Å². The number of hydrogen-bond acceptors (Lipinski definition) is 5. The predicted octanol–water partition coefficient (Wildman–Crippen LogP) is 6.14. The lowest BCUT2D eigenvalue weighted by Gasteiger charge is -2.12. The highest BCUT2D eigenvalue weighted by atomic mass is 15.1. The molecule has 5 aliphatic rings. The van der Waals surface area contributed by atoms with Gasteiger partial charge in [0.15, 0.2) is 0 Å². The number of fused-ring (bicyclic) bond motifs is 3. The van der Waals surface area contributed by atoms with Crippen molar-refractivity contribution in [3.63, 3.8) is 0 Å². The Balaban J connectivity index is 0.962. The lowest BCUT2D eigenvalue weighted by Crippen LogP contribution is -2.32. The molecule has 2 aromatic heterocycles. The van der Waals surface area contributed by atoms with Crippen LogP contribution in [-0.2, 0) is 0 Å². The Kier molecular flexibility index (Phi) is 4.45. The van der Waals surface area contributed by atoms with E-state index in [0.29, 0.717) is 12.0 Å². The third kappa shape index (κ3) is 3.57. The minimum Gasteiger partial charge on any atom is -0.342 e. The molecule has 0 spiro atoms. The first-order valence-electron chi connectivity index (χ1n) is 14.2. The monoisotopic (exact) mass is 498 g/mol. The quantitative estimate of drug-likeness (QED) is 0.347. The van der Waals surface area contributed by atoms with E-state index in [1.165, 1.54) is 37.8 Å². The number of imidazole rings is 1. The number of allylic oxidation sites excluding steroid dienone is 1. The number of aliphatic imine (C=N–C) groups is 1. The summed E-state index contributed by atoms with van der Waals surface area (Å²) in [5.74, 6) is 4.56. The maximum Gasteiger partial charge on any atom is 0.109 e. The molecule has 6 heteroatoms. The summed E-state index contributed by atoms with van der Waals surface area (Å²) in [5, 5.41) is 3.74. The largest absolute Gasteiger partial charge is 0.342 e. The second-order valence-electron chi connectivity index (χ2n) is 12.1. The normalized spacial score (nSPS) is 30.7. The van der Waals surface area contributed by atoms with Gasteiger partial charge in [-0.2, -0.15) is 0 Å². The molecular weight excluding hydrogens is 468 g/mol. The van der Waals surface area contributed by atoms with Crippen molar-refractivity contribution in [3.8, 4) is 22.5 Å². The van der Waals surface area contributed by atoms with Crippen molar-refractivity contribution >= 4 is 22.4 Å². The van der Waals surface area contributed by atoms with E-state index in [0.717, 1.165) is 80.8 Å². The van der Waals surface area contributed by atoms with Crippen molar-refractivity contribution in [3.05, 3.63) is 72.3 Å². The molecule has 2 N–H and O–H groups in total. The van der Waals surface area contributed by atoms with Gasteiger partial charge < -0.3 is 10.3 Å². The average molecular weight is 499 g/mol. The number of aromatic nitrogens is 4. The summed E-state index contributed by atoms with van der Waals surface area (Å²) in [6, 6.07) is 16.1.